The maximum absolute atomic E-state index is 5.60. The van der Waals surface area contributed by atoms with Crippen molar-refractivity contribution in [2.45, 2.75) is 19.8 Å². The zero-order valence-corrected chi connectivity index (χ0v) is 10.1. The van der Waals surface area contributed by atoms with Crippen molar-refractivity contribution >= 4 is 5.82 Å². The first-order valence-electron chi connectivity index (χ1n) is 5.46. The van der Waals surface area contributed by atoms with Crippen molar-refractivity contribution in [1.29, 1.82) is 0 Å². The van der Waals surface area contributed by atoms with E-state index in [2.05, 4.69) is 22.2 Å². The van der Waals surface area contributed by atoms with Crippen LogP contribution < -0.4 is 10.1 Å². The SMILES string of the molecule is CCc1c(NC)ncnc1OCCCOC. The Morgan fingerprint density at radius 2 is 2.12 bits per heavy atom. The highest BCUT2D eigenvalue weighted by molar-refractivity contribution is 5.48. The van der Waals surface area contributed by atoms with E-state index in [9.17, 15) is 0 Å². The van der Waals surface area contributed by atoms with Crippen molar-refractivity contribution in [1.82, 2.24) is 9.97 Å². The lowest BCUT2D eigenvalue weighted by Gasteiger charge is -2.11. The minimum Gasteiger partial charge on any atom is -0.477 e. The van der Waals surface area contributed by atoms with Gasteiger partial charge < -0.3 is 14.8 Å². The summed E-state index contributed by atoms with van der Waals surface area (Å²) < 4.78 is 10.6. The number of hydrogen-bond donors (Lipinski definition) is 1. The molecule has 0 amide bonds. The fraction of sp³-hybridized carbons (Fsp3) is 0.636. The number of methoxy groups -OCH3 is 1. The Hall–Kier alpha value is -1.36. The van der Waals surface area contributed by atoms with Crippen LogP contribution in [0.4, 0.5) is 5.82 Å². The number of aromatic nitrogens is 2. The standard InChI is InChI=1S/C11H19N3O2/c1-4-9-10(12-2)13-8-14-11(9)16-7-5-6-15-3/h8H,4-7H2,1-3H3,(H,12,13,14). The van der Waals surface area contributed by atoms with Crippen molar-refractivity contribution in [3.8, 4) is 5.88 Å². The third-order valence-corrected chi connectivity index (χ3v) is 2.23. The second-order valence-electron chi connectivity index (χ2n) is 3.30. The number of anilines is 1. The van der Waals surface area contributed by atoms with Crippen LogP contribution in [0, 0.1) is 0 Å². The molecule has 16 heavy (non-hydrogen) atoms. The lowest BCUT2D eigenvalue weighted by atomic mass is 10.2. The van der Waals surface area contributed by atoms with Gasteiger partial charge in [0.15, 0.2) is 0 Å². The molecule has 0 radical (unpaired) electrons. The highest BCUT2D eigenvalue weighted by atomic mass is 16.5. The maximum Gasteiger partial charge on any atom is 0.221 e. The molecule has 0 spiro atoms. The highest BCUT2D eigenvalue weighted by Crippen LogP contribution is 2.21. The first kappa shape index (κ1) is 12.7. The van der Waals surface area contributed by atoms with Gasteiger partial charge in [0.1, 0.15) is 12.1 Å². The molecule has 0 aliphatic rings. The molecule has 1 aromatic rings. The summed E-state index contributed by atoms with van der Waals surface area (Å²) in [5, 5.41) is 3.03. The molecule has 1 N–H and O–H groups in total. The molecule has 0 aliphatic carbocycles. The van der Waals surface area contributed by atoms with Gasteiger partial charge in [0.25, 0.3) is 0 Å². The molecule has 0 aliphatic heterocycles. The Morgan fingerprint density at radius 1 is 1.31 bits per heavy atom. The second kappa shape index (κ2) is 7.00. The van der Waals surface area contributed by atoms with Gasteiger partial charge in [0, 0.05) is 27.2 Å². The van der Waals surface area contributed by atoms with E-state index in [4.69, 9.17) is 9.47 Å². The van der Waals surface area contributed by atoms with Crippen LogP contribution in [0.5, 0.6) is 5.88 Å². The zero-order chi connectivity index (χ0) is 11.8. The van der Waals surface area contributed by atoms with Crippen LogP contribution in [0.15, 0.2) is 6.33 Å². The van der Waals surface area contributed by atoms with Crippen LogP contribution >= 0.6 is 0 Å². The molecular weight excluding hydrogens is 206 g/mol. The Kier molecular flexibility index (Phi) is 5.56. The van der Waals surface area contributed by atoms with E-state index in [1.165, 1.54) is 6.33 Å². The summed E-state index contributed by atoms with van der Waals surface area (Å²) in [6.45, 7) is 3.37. The lowest BCUT2D eigenvalue weighted by Crippen LogP contribution is -2.07. The van der Waals surface area contributed by atoms with Gasteiger partial charge in [0.2, 0.25) is 5.88 Å². The fourth-order valence-electron chi connectivity index (χ4n) is 1.43. The van der Waals surface area contributed by atoms with Crippen molar-refractivity contribution in [2.24, 2.45) is 0 Å². The number of nitrogens with zero attached hydrogens (tertiary/aromatic N) is 2. The van der Waals surface area contributed by atoms with Gasteiger partial charge in [-0.3, -0.25) is 0 Å². The summed E-state index contributed by atoms with van der Waals surface area (Å²) in [7, 11) is 3.53. The number of ether oxygens (including phenoxy) is 2. The van der Waals surface area contributed by atoms with E-state index >= 15 is 0 Å². The van der Waals surface area contributed by atoms with E-state index in [0.717, 1.165) is 24.2 Å². The molecule has 0 aromatic carbocycles. The molecule has 0 saturated heterocycles. The molecule has 0 bridgehead atoms. The maximum atomic E-state index is 5.60. The Labute approximate surface area is 96.2 Å². The topological polar surface area (TPSA) is 56.3 Å². The Balaban J connectivity index is 2.63. The summed E-state index contributed by atoms with van der Waals surface area (Å²) in [5.41, 5.74) is 1.02. The van der Waals surface area contributed by atoms with Gasteiger partial charge in [-0.1, -0.05) is 6.92 Å². The number of nitrogens with one attached hydrogen (secondary N) is 1. The quantitative estimate of drug-likeness (QED) is 0.713. The van der Waals surface area contributed by atoms with Gasteiger partial charge in [-0.25, -0.2) is 9.97 Å². The summed E-state index contributed by atoms with van der Waals surface area (Å²) in [6, 6.07) is 0. The number of rotatable bonds is 7. The largest absolute Gasteiger partial charge is 0.477 e. The van der Waals surface area contributed by atoms with E-state index in [1.807, 2.05) is 7.05 Å². The summed E-state index contributed by atoms with van der Waals surface area (Å²) >= 11 is 0. The van der Waals surface area contributed by atoms with Gasteiger partial charge in [-0.2, -0.15) is 0 Å². The summed E-state index contributed by atoms with van der Waals surface area (Å²) in [6.07, 6.45) is 3.21. The molecule has 0 atom stereocenters. The third-order valence-electron chi connectivity index (χ3n) is 2.23. The minimum absolute atomic E-state index is 0.612. The van der Waals surface area contributed by atoms with Crippen LogP contribution in [0.1, 0.15) is 18.9 Å². The minimum atomic E-state index is 0.612. The van der Waals surface area contributed by atoms with Gasteiger partial charge in [-0.05, 0) is 6.42 Å². The van der Waals surface area contributed by atoms with Crippen LogP contribution in [0.2, 0.25) is 0 Å². The molecule has 1 aromatic heterocycles. The third kappa shape index (κ3) is 3.34. The molecule has 90 valence electrons. The summed E-state index contributed by atoms with van der Waals surface area (Å²) in [5.74, 6) is 1.50. The van der Waals surface area contributed by atoms with E-state index in [0.29, 0.717) is 19.1 Å². The average Bonchev–Trinajstić information content (AvgIpc) is 2.34. The molecule has 1 rings (SSSR count). The first-order valence-corrected chi connectivity index (χ1v) is 5.46. The van der Waals surface area contributed by atoms with Crippen molar-refractivity contribution in [3.05, 3.63) is 11.9 Å². The van der Waals surface area contributed by atoms with Crippen LogP contribution in [0.3, 0.4) is 0 Å². The monoisotopic (exact) mass is 225 g/mol. The van der Waals surface area contributed by atoms with Crippen molar-refractivity contribution in [3.63, 3.8) is 0 Å². The number of hydrogen-bond acceptors (Lipinski definition) is 5. The molecule has 5 nitrogen and oxygen atoms in total. The zero-order valence-electron chi connectivity index (χ0n) is 10.1. The molecular formula is C11H19N3O2. The molecule has 0 saturated carbocycles. The molecule has 0 fully saturated rings. The normalized spacial score (nSPS) is 10.2. The smallest absolute Gasteiger partial charge is 0.221 e. The van der Waals surface area contributed by atoms with Crippen LogP contribution in [-0.2, 0) is 11.2 Å². The second-order valence-corrected chi connectivity index (χ2v) is 3.30. The van der Waals surface area contributed by atoms with Crippen molar-refractivity contribution < 1.29 is 9.47 Å². The summed E-state index contributed by atoms with van der Waals surface area (Å²) in [4.78, 5) is 8.29. The van der Waals surface area contributed by atoms with E-state index in [-0.39, 0.29) is 0 Å². The average molecular weight is 225 g/mol. The Morgan fingerprint density at radius 3 is 2.75 bits per heavy atom. The molecule has 0 unspecified atom stereocenters. The van der Waals surface area contributed by atoms with Gasteiger partial charge in [-0.15, -0.1) is 0 Å². The fourth-order valence-corrected chi connectivity index (χ4v) is 1.43. The van der Waals surface area contributed by atoms with Gasteiger partial charge in [0.05, 0.1) is 12.2 Å². The molecule has 1 heterocycles. The van der Waals surface area contributed by atoms with E-state index < -0.39 is 0 Å². The molecule has 5 heteroatoms. The highest BCUT2D eigenvalue weighted by Gasteiger charge is 2.09. The lowest BCUT2D eigenvalue weighted by molar-refractivity contribution is 0.170. The van der Waals surface area contributed by atoms with Crippen LogP contribution in [0.25, 0.3) is 0 Å². The predicted octanol–water partition coefficient (Wildman–Crippen LogP) is 1.50. The van der Waals surface area contributed by atoms with E-state index in [1.54, 1.807) is 7.11 Å². The van der Waals surface area contributed by atoms with Gasteiger partial charge >= 0.3 is 0 Å². The van der Waals surface area contributed by atoms with Crippen LogP contribution in [-0.4, -0.2) is 37.3 Å². The first-order chi connectivity index (χ1) is 7.83. The Bertz CT molecular complexity index is 318. The van der Waals surface area contributed by atoms with Crippen molar-refractivity contribution in [2.75, 3.05) is 32.7 Å². The predicted molar refractivity (Wildman–Crippen MR) is 62.9 cm³/mol.